The Kier molecular flexibility index (Phi) is 5.31. The molecule has 16 heavy (non-hydrogen) atoms. The van der Waals surface area contributed by atoms with E-state index in [0.29, 0.717) is 25.4 Å². The maximum Gasteiger partial charge on any atom is 0.335 e. The lowest BCUT2D eigenvalue weighted by atomic mass is 10.2. The number of carboxylic acids is 1. The summed E-state index contributed by atoms with van der Waals surface area (Å²) in [6.45, 7) is 1.66. The van der Waals surface area contributed by atoms with Crippen molar-refractivity contribution in [2.45, 2.75) is 0 Å². The van der Waals surface area contributed by atoms with E-state index in [1.165, 1.54) is 12.1 Å². The zero-order valence-corrected chi connectivity index (χ0v) is 8.85. The maximum absolute atomic E-state index is 10.7. The largest absolute Gasteiger partial charge is 0.492 e. The summed E-state index contributed by atoms with van der Waals surface area (Å²) in [5.74, 6) is -0.436. The molecule has 5 heteroatoms. The first-order chi connectivity index (χ1) is 7.74. The van der Waals surface area contributed by atoms with Crippen LogP contribution in [0.1, 0.15) is 10.4 Å². The standard InChI is InChI=1S/C11H15NO4/c13-6-4-12-5-7-16-10-3-1-2-9(8-10)11(14)15/h1-3,8,12-13H,4-7H2,(H,14,15). The van der Waals surface area contributed by atoms with Crippen molar-refractivity contribution in [3.8, 4) is 5.75 Å². The zero-order chi connectivity index (χ0) is 11.8. The molecule has 0 aliphatic heterocycles. The summed E-state index contributed by atoms with van der Waals surface area (Å²) in [4.78, 5) is 10.7. The fourth-order valence-corrected chi connectivity index (χ4v) is 1.16. The molecule has 0 saturated heterocycles. The van der Waals surface area contributed by atoms with E-state index in [9.17, 15) is 4.79 Å². The van der Waals surface area contributed by atoms with Crippen LogP contribution in [0.4, 0.5) is 0 Å². The molecule has 0 fully saturated rings. The molecule has 0 heterocycles. The monoisotopic (exact) mass is 225 g/mol. The number of nitrogens with one attached hydrogen (secondary N) is 1. The summed E-state index contributed by atoms with van der Waals surface area (Å²) >= 11 is 0. The summed E-state index contributed by atoms with van der Waals surface area (Å²) < 4.78 is 5.34. The lowest BCUT2D eigenvalue weighted by molar-refractivity contribution is 0.0696. The molecule has 0 atom stereocenters. The molecule has 0 aliphatic rings. The third-order valence-electron chi connectivity index (χ3n) is 1.92. The van der Waals surface area contributed by atoms with Crippen molar-refractivity contribution in [3.05, 3.63) is 29.8 Å². The van der Waals surface area contributed by atoms with E-state index >= 15 is 0 Å². The highest BCUT2D eigenvalue weighted by Crippen LogP contribution is 2.12. The Morgan fingerprint density at radius 3 is 2.88 bits per heavy atom. The van der Waals surface area contributed by atoms with Crippen LogP contribution in [0, 0.1) is 0 Å². The van der Waals surface area contributed by atoms with E-state index in [1.807, 2.05) is 0 Å². The van der Waals surface area contributed by atoms with Crippen molar-refractivity contribution >= 4 is 5.97 Å². The zero-order valence-electron chi connectivity index (χ0n) is 8.85. The first-order valence-electron chi connectivity index (χ1n) is 5.02. The number of aliphatic hydroxyl groups excluding tert-OH is 1. The van der Waals surface area contributed by atoms with Gasteiger partial charge in [0.15, 0.2) is 0 Å². The number of benzene rings is 1. The van der Waals surface area contributed by atoms with Crippen LogP contribution in [0.25, 0.3) is 0 Å². The minimum Gasteiger partial charge on any atom is -0.492 e. The SMILES string of the molecule is O=C(O)c1cccc(OCCNCCO)c1. The highest BCUT2D eigenvalue weighted by molar-refractivity contribution is 5.87. The van der Waals surface area contributed by atoms with E-state index in [0.717, 1.165) is 0 Å². The summed E-state index contributed by atoms with van der Waals surface area (Å²) in [6, 6.07) is 6.34. The Morgan fingerprint density at radius 2 is 2.19 bits per heavy atom. The lowest BCUT2D eigenvalue weighted by Gasteiger charge is -2.07. The summed E-state index contributed by atoms with van der Waals surface area (Å²) in [6.07, 6.45) is 0. The molecule has 1 rings (SSSR count). The van der Waals surface area contributed by atoms with Gasteiger partial charge in [0.2, 0.25) is 0 Å². The first kappa shape index (κ1) is 12.5. The Bertz CT molecular complexity index is 341. The van der Waals surface area contributed by atoms with Gasteiger partial charge in [-0.2, -0.15) is 0 Å². The summed E-state index contributed by atoms with van der Waals surface area (Å²) in [5.41, 5.74) is 0.209. The fraction of sp³-hybridized carbons (Fsp3) is 0.364. The molecule has 1 aromatic rings. The highest BCUT2D eigenvalue weighted by Gasteiger charge is 2.03. The second-order valence-corrected chi connectivity index (χ2v) is 3.16. The van der Waals surface area contributed by atoms with Crippen molar-refractivity contribution in [1.29, 1.82) is 0 Å². The molecule has 0 aromatic heterocycles. The Balaban J connectivity index is 2.36. The van der Waals surface area contributed by atoms with Crippen molar-refractivity contribution in [3.63, 3.8) is 0 Å². The van der Waals surface area contributed by atoms with Gasteiger partial charge in [-0.1, -0.05) is 6.07 Å². The van der Waals surface area contributed by atoms with Gasteiger partial charge in [0.25, 0.3) is 0 Å². The van der Waals surface area contributed by atoms with Crippen molar-refractivity contribution in [2.24, 2.45) is 0 Å². The molecular weight excluding hydrogens is 210 g/mol. The van der Waals surface area contributed by atoms with E-state index in [-0.39, 0.29) is 12.2 Å². The van der Waals surface area contributed by atoms with Crippen LogP contribution in [0.5, 0.6) is 5.75 Å². The molecule has 0 spiro atoms. The summed E-state index contributed by atoms with van der Waals surface area (Å²) in [5, 5.41) is 20.2. The van der Waals surface area contributed by atoms with Crippen LogP contribution in [0.2, 0.25) is 0 Å². The number of aliphatic hydroxyl groups is 1. The normalized spacial score (nSPS) is 10.1. The van der Waals surface area contributed by atoms with E-state index < -0.39 is 5.97 Å². The van der Waals surface area contributed by atoms with Gasteiger partial charge in [0.1, 0.15) is 12.4 Å². The molecule has 88 valence electrons. The van der Waals surface area contributed by atoms with Gasteiger partial charge in [-0.15, -0.1) is 0 Å². The van der Waals surface area contributed by atoms with Gasteiger partial charge in [-0.3, -0.25) is 0 Å². The van der Waals surface area contributed by atoms with Crippen LogP contribution >= 0.6 is 0 Å². The van der Waals surface area contributed by atoms with Gasteiger partial charge in [0.05, 0.1) is 12.2 Å². The number of rotatable bonds is 7. The number of hydrogen-bond acceptors (Lipinski definition) is 4. The third-order valence-corrected chi connectivity index (χ3v) is 1.92. The lowest BCUT2D eigenvalue weighted by Crippen LogP contribution is -2.23. The summed E-state index contributed by atoms with van der Waals surface area (Å²) in [7, 11) is 0. The molecular formula is C11H15NO4. The molecule has 0 amide bonds. The van der Waals surface area contributed by atoms with Gasteiger partial charge >= 0.3 is 5.97 Å². The molecule has 0 radical (unpaired) electrons. The number of aromatic carboxylic acids is 1. The van der Waals surface area contributed by atoms with Gasteiger partial charge in [0, 0.05) is 13.1 Å². The van der Waals surface area contributed by atoms with Crippen molar-refractivity contribution in [2.75, 3.05) is 26.3 Å². The van der Waals surface area contributed by atoms with Crippen LogP contribution in [0.3, 0.4) is 0 Å². The average molecular weight is 225 g/mol. The molecule has 0 bridgehead atoms. The molecule has 0 unspecified atom stereocenters. The van der Waals surface area contributed by atoms with Gasteiger partial charge in [-0.05, 0) is 18.2 Å². The van der Waals surface area contributed by atoms with Gasteiger partial charge in [-0.25, -0.2) is 4.79 Å². The fourth-order valence-electron chi connectivity index (χ4n) is 1.16. The predicted octanol–water partition coefficient (Wildman–Crippen LogP) is 0.345. The van der Waals surface area contributed by atoms with Crippen LogP contribution in [0.15, 0.2) is 24.3 Å². The average Bonchev–Trinajstić information content (AvgIpc) is 2.29. The van der Waals surface area contributed by atoms with E-state index in [1.54, 1.807) is 12.1 Å². The minimum absolute atomic E-state index is 0.0918. The maximum atomic E-state index is 10.7. The second-order valence-electron chi connectivity index (χ2n) is 3.16. The predicted molar refractivity (Wildman–Crippen MR) is 58.9 cm³/mol. The number of carbonyl (C=O) groups is 1. The Labute approximate surface area is 93.7 Å². The van der Waals surface area contributed by atoms with Crippen molar-refractivity contribution in [1.82, 2.24) is 5.32 Å². The number of ether oxygens (including phenoxy) is 1. The third kappa shape index (κ3) is 4.29. The smallest absolute Gasteiger partial charge is 0.335 e. The molecule has 0 aliphatic carbocycles. The number of hydrogen-bond donors (Lipinski definition) is 3. The van der Waals surface area contributed by atoms with Crippen LogP contribution in [-0.2, 0) is 0 Å². The van der Waals surface area contributed by atoms with E-state index in [4.69, 9.17) is 14.9 Å². The molecule has 1 aromatic carbocycles. The highest BCUT2D eigenvalue weighted by atomic mass is 16.5. The molecule has 0 saturated carbocycles. The topological polar surface area (TPSA) is 78.8 Å². The van der Waals surface area contributed by atoms with Crippen LogP contribution in [-0.4, -0.2) is 42.5 Å². The number of carboxylic acid groups (broad SMARTS) is 1. The van der Waals surface area contributed by atoms with E-state index in [2.05, 4.69) is 5.32 Å². The first-order valence-corrected chi connectivity index (χ1v) is 5.02. The Hall–Kier alpha value is -1.59. The van der Waals surface area contributed by atoms with Gasteiger partial charge < -0.3 is 20.3 Å². The van der Waals surface area contributed by atoms with Crippen molar-refractivity contribution < 1.29 is 19.7 Å². The quantitative estimate of drug-likeness (QED) is 0.583. The minimum atomic E-state index is -0.969. The van der Waals surface area contributed by atoms with Crippen LogP contribution < -0.4 is 10.1 Å². The molecule has 5 nitrogen and oxygen atoms in total. The molecule has 3 N–H and O–H groups in total. The second kappa shape index (κ2) is 6.81. The Morgan fingerprint density at radius 1 is 1.38 bits per heavy atom.